The Morgan fingerprint density at radius 3 is 2.23 bits per heavy atom. The molecular weight excluding hydrogens is 318 g/mol. The van der Waals surface area contributed by atoms with Crippen LogP contribution < -0.4 is 4.72 Å². The van der Waals surface area contributed by atoms with Crippen LogP contribution in [0.25, 0.3) is 0 Å². The molecule has 1 N–H and O–H groups in total. The Morgan fingerprint density at radius 1 is 1.23 bits per heavy atom. The smallest absolute Gasteiger partial charge is 0.416 e. The molecule has 22 heavy (non-hydrogen) atoms. The van der Waals surface area contributed by atoms with Gasteiger partial charge in [-0.25, -0.2) is 4.39 Å². The predicted octanol–water partition coefficient (Wildman–Crippen LogP) is 4.31. The first-order valence-corrected chi connectivity index (χ1v) is 8.01. The van der Waals surface area contributed by atoms with Gasteiger partial charge in [0.1, 0.15) is 10.6 Å². The van der Waals surface area contributed by atoms with Crippen molar-refractivity contribution in [3.63, 3.8) is 0 Å². The zero-order chi connectivity index (χ0) is 17.3. The maximum atomic E-state index is 13.5. The minimum Gasteiger partial charge on any atom is -0.598 e. The lowest BCUT2D eigenvalue weighted by Gasteiger charge is -2.25. The van der Waals surface area contributed by atoms with E-state index < -0.39 is 39.6 Å². The summed E-state index contributed by atoms with van der Waals surface area (Å²) in [6.45, 7) is 8.57. The van der Waals surface area contributed by atoms with Crippen LogP contribution in [0.5, 0.6) is 0 Å². The van der Waals surface area contributed by atoms with Crippen LogP contribution in [0.3, 0.4) is 0 Å². The van der Waals surface area contributed by atoms with E-state index in [0.29, 0.717) is 6.07 Å². The average molecular weight is 339 g/mol. The van der Waals surface area contributed by atoms with Crippen molar-refractivity contribution in [2.75, 3.05) is 6.54 Å². The molecule has 0 amide bonds. The maximum Gasteiger partial charge on any atom is 0.416 e. The molecule has 0 saturated heterocycles. The molecule has 2 nitrogen and oxygen atoms in total. The minimum absolute atomic E-state index is 0.00439. The molecule has 0 saturated carbocycles. The Morgan fingerprint density at radius 2 is 1.77 bits per heavy atom. The second-order valence-electron chi connectivity index (χ2n) is 6.30. The summed E-state index contributed by atoms with van der Waals surface area (Å²) >= 11 is -1.33. The highest BCUT2D eigenvalue weighted by Crippen LogP contribution is 2.35. The molecule has 2 atom stereocenters. The van der Waals surface area contributed by atoms with Crippen molar-refractivity contribution < 1.29 is 22.1 Å². The number of hydrogen-bond donors (Lipinski definition) is 1. The van der Waals surface area contributed by atoms with Crippen LogP contribution in [0.15, 0.2) is 12.1 Å². The summed E-state index contributed by atoms with van der Waals surface area (Å²) in [5, 5.41) is 0. The maximum absolute atomic E-state index is 13.5. The molecule has 1 rings (SSSR count). The number of benzene rings is 1. The highest BCUT2D eigenvalue weighted by molar-refractivity contribution is 7.90. The lowest BCUT2D eigenvalue weighted by Crippen LogP contribution is -2.40. The Kier molecular flexibility index (Phi) is 5.92. The summed E-state index contributed by atoms with van der Waals surface area (Å²) in [6, 6.07) is 1.61. The average Bonchev–Trinajstić information content (AvgIpc) is 2.35. The van der Waals surface area contributed by atoms with Crippen molar-refractivity contribution in [1.29, 1.82) is 0 Å². The molecule has 0 aliphatic carbocycles. The van der Waals surface area contributed by atoms with Gasteiger partial charge >= 0.3 is 6.18 Å². The van der Waals surface area contributed by atoms with Crippen molar-refractivity contribution in [1.82, 2.24) is 4.72 Å². The van der Waals surface area contributed by atoms with Crippen LogP contribution in [0.4, 0.5) is 17.6 Å². The molecular formula is C15H21F4NOS. The molecule has 2 unspecified atom stereocenters. The third-order valence-electron chi connectivity index (χ3n) is 3.33. The normalized spacial score (nSPS) is 15.7. The zero-order valence-electron chi connectivity index (χ0n) is 13.3. The van der Waals surface area contributed by atoms with Gasteiger partial charge in [0.2, 0.25) is 0 Å². The van der Waals surface area contributed by atoms with Crippen molar-refractivity contribution in [3.8, 4) is 0 Å². The highest BCUT2D eigenvalue weighted by Gasteiger charge is 2.34. The molecule has 126 valence electrons. The van der Waals surface area contributed by atoms with Gasteiger partial charge in [0.15, 0.2) is 0 Å². The van der Waals surface area contributed by atoms with Gasteiger partial charge < -0.3 is 4.55 Å². The van der Waals surface area contributed by atoms with E-state index in [9.17, 15) is 22.1 Å². The quantitative estimate of drug-likeness (QED) is 0.655. The van der Waals surface area contributed by atoms with Gasteiger partial charge in [-0.1, -0.05) is 6.92 Å². The van der Waals surface area contributed by atoms with Gasteiger partial charge in [0.25, 0.3) is 0 Å². The molecule has 0 heterocycles. The number of rotatable bonds is 4. The van der Waals surface area contributed by atoms with Gasteiger partial charge in [-0.15, -0.1) is 4.72 Å². The second kappa shape index (κ2) is 6.76. The van der Waals surface area contributed by atoms with Crippen molar-refractivity contribution >= 4 is 11.4 Å². The largest absolute Gasteiger partial charge is 0.598 e. The molecule has 0 radical (unpaired) electrons. The topological polar surface area (TPSA) is 35.1 Å². The van der Waals surface area contributed by atoms with Gasteiger partial charge in [0.05, 0.1) is 5.56 Å². The molecule has 1 aromatic carbocycles. The van der Waals surface area contributed by atoms with Crippen LogP contribution in [0.1, 0.15) is 50.3 Å². The highest BCUT2D eigenvalue weighted by atomic mass is 32.2. The molecule has 0 aliphatic rings. The fraction of sp³-hybridized carbons (Fsp3) is 0.600. The van der Waals surface area contributed by atoms with E-state index in [1.54, 1.807) is 27.7 Å². The molecule has 1 aromatic rings. The summed E-state index contributed by atoms with van der Waals surface area (Å²) < 4.78 is 66.5. The Bertz CT molecular complexity index is 525. The number of nitrogens with one attached hydrogen (secondary N) is 1. The number of hydrogen-bond acceptors (Lipinski definition) is 2. The van der Waals surface area contributed by atoms with Gasteiger partial charge in [-0.05, 0) is 56.9 Å². The molecule has 0 aromatic heterocycles. The van der Waals surface area contributed by atoms with Crippen LogP contribution in [0, 0.1) is 12.7 Å². The Labute approximate surface area is 131 Å². The van der Waals surface area contributed by atoms with Crippen LogP contribution in [-0.4, -0.2) is 15.8 Å². The molecule has 0 aliphatic heterocycles. The van der Waals surface area contributed by atoms with E-state index in [1.165, 1.54) is 6.92 Å². The van der Waals surface area contributed by atoms with Crippen LogP contribution in [0.2, 0.25) is 0 Å². The summed E-state index contributed by atoms with van der Waals surface area (Å²) in [6.07, 6.45) is -4.59. The monoisotopic (exact) mass is 339 g/mol. The van der Waals surface area contributed by atoms with E-state index >= 15 is 0 Å². The minimum atomic E-state index is -4.59. The first kappa shape index (κ1) is 19.3. The van der Waals surface area contributed by atoms with Crippen molar-refractivity contribution in [3.05, 3.63) is 34.6 Å². The molecule has 0 fully saturated rings. The first-order valence-electron chi connectivity index (χ1n) is 6.86. The number of halogens is 4. The SMILES string of the molecule is Cc1c(C(C)CN[S+]([O-])C(C)(C)C)cc(F)cc1C(F)(F)F. The van der Waals surface area contributed by atoms with E-state index in [1.807, 2.05) is 0 Å². The van der Waals surface area contributed by atoms with Crippen molar-refractivity contribution in [2.45, 2.75) is 51.5 Å². The first-order chi connectivity index (χ1) is 9.84. The summed E-state index contributed by atoms with van der Waals surface area (Å²) in [7, 11) is 0. The Balaban J connectivity index is 2.99. The van der Waals surface area contributed by atoms with Gasteiger partial charge in [0, 0.05) is 17.9 Å². The third-order valence-corrected chi connectivity index (χ3v) is 4.87. The molecule has 7 heteroatoms. The standard InChI is InChI=1S/C15H21F4NOS/c1-9(8-20-22(21)14(3,4)5)12-6-11(16)7-13(10(12)2)15(17,18)19/h6-7,9,20H,8H2,1-5H3. The fourth-order valence-corrected chi connectivity index (χ4v) is 2.87. The predicted molar refractivity (Wildman–Crippen MR) is 80.5 cm³/mol. The summed E-state index contributed by atoms with van der Waals surface area (Å²) in [5.74, 6) is -1.32. The zero-order valence-corrected chi connectivity index (χ0v) is 14.1. The van der Waals surface area contributed by atoms with Crippen molar-refractivity contribution in [2.24, 2.45) is 0 Å². The number of alkyl halides is 3. The van der Waals surface area contributed by atoms with Gasteiger partial charge in [-0.3, -0.25) is 0 Å². The van der Waals surface area contributed by atoms with Crippen LogP contribution >= 0.6 is 0 Å². The summed E-state index contributed by atoms with van der Waals surface area (Å²) in [5.41, 5.74) is -0.693. The summed E-state index contributed by atoms with van der Waals surface area (Å²) in [4.78, 5) is 0. The fourth-order valence-electron chi connectivity index (χ4n) is 2.03. The molecule has 0 bridgehead atoms. The Hall–Kier alpha value is -0.790. The van der Waals surface area contributed by atoms with E-state index in [0.717, 1.165) is 6.07 Å². The lowest BCUT2D eigenvalue weighted by atomic mass is 9.92. The van der Waals surface area contributed by atoms with E-state index in [-0.39, 0.29) is 17.7 Å². The van der Waals surface area contributed by atoms with Gasteiger partial charge in [-0.2, -0.15) is 13.2 Å². The molecule has 0 spiro atoms. The third kappa shape index (κ3) is 4.86. The van der Waals surface area contributed by atoms with E-state index in [4.69, 9.17) is 0 Å². The van der Waals surface area contributed by atoms with Crippen LogP contribution in [-0.2, 0) is 17.5 Å². The second-order valence-corrected chi connectivity index (χ2v) is 8.35. The van der Waals surface area contributed by atoms with E-state index in [2.05, 4.69) is 4.72 Å². The lowest BCUT2D eigenvalue weighted by molar-refractivity contribution is -0.138.